The Bertz CT molecular complexity index is 1000. The van der Waals surface area contributed by atoms with Crippen LogP contribution in [0.25, 0.3) is 22.2 Å². The Morgan fingerprint density at radius 2 is 1.72 bits per heavy atom. The molecule has 0 radical (unpaired) electrons. The number of rotatable bonds is 5. The number of aromatic nitrogens is 2. The normalized spacial score (nSPS) is 12.3. The molecule has 2 aromatic heterocycles. The van der Waals surface area contributed by atoms with Crippen LogP contribution in [0, 0.1) is 10.1 Å². The van der Waals surface area contributed by atoms with E-state index in [0.29, 0.717) is 0 Å². The molecule has 4 aromatic rings. The number of H-pyrrole nitrogens is 2. The highest BCUT2D eigenvalue weighted by Gasteiger charge is 2.27. The monoisotopic (exact) mass is 331 g/mol. The summed E-state index contributed by atoms with van der Waals surface area (Å²) in [4.78, 5) is 17.7. The number of benzene rings is 2. The molecule has 0 spiro atoms. The molecule has 2 aromatic carbocycles. The van der Waals surface area contributed by atoms with E-state index in [1.165, 1.54) is 0 Å². The molecule has 2 N–H and O–H groups in total. The van der Waals surface area contributed by atoms with Gasteiger partial charge in [0.1, 0.15) is 0 Å². The quantitative estimate of drug-likeness (QED) is 0.415. The molecule has 1 unspecified atom stereocenters. The van der Waals surface area contributed by atoms with Gasteiger partial charge in [-0.1, -0.05) is 48.5 Å². The van der Waals surface area contributed by atoms with Crippen molar-refractivity contribution in [2.75, 3.05) is 6.54 Å². The number of nitro groups is 1. The highest BCUT2D eigenvalue weighted by atomic mass is 16.6. The van der Waals surface area contributed by atoms with Crippen molar-refractivity contribution >= 4 is 10.9 Å². The third-order valence-electron chi connectivity index (χ3n) is 4.49. The van der Waals surface area contributed by atoms with Crippen LogP contribution in [0.4, 0.5) is 0 Å². The minimum Gasteiger partial charge on any atom is -0.364 e. The lowest BCUT2D eigenvalue weighted by molar-refractivity contribution is -0.481. The smallest absolute Gasteiger partial charge is 0.216 e. The van der Waals surface area contributed by atoms with Gasteiger partial charge in [-0.05, 0) is 23.8 Å². The van der Waals surface area contributed by atoms with E-state index >= 15 is 0 Å². The average Bonchev–Trinajstić information content (AvgIpc) is 3.28. The summed E-state index contributed by atoms with van der Waals surface area (Å²) in [6.45, 7) is -0.164. The van der Waals surface area contributed by atoms with E-state index < -0.39 is 0 Å². The van der Waals surface area contributed by atoms with Crippen LogP contribution in [-0.2, 0) is 0 Å². The molecule has 0 aliphatic rings. The maximum Gasteiger partial charge on any atom is 0.216 e. The van der Waals surface area contributed by atoms with Crippen LogP contribution in [0.15, 0.2) is 72.9 Å². The predicted molar refractivity (Wildman–Crippen MR) is 98.2 cm³/mol. The van der Waals surface area contributed by atoms with Crippen molar-refractivity contribution < 1.29 is 4.92 Å². The number of para-hydroxylation sites is 1. The predicted octanol–water partition coefficient (Wildman–Crippen LogP) is 4.57. The van der Waals surface area contributed by atoms with Crippen LogP contribution < -0.4 is 0 Å². The van der Waals surface area contributed by atoms with Gasteiger partial charge in [-0.25, -0.2) is 0 Å². The lowest BCUT2D eigenvalue weighted by Gasteiger charge is -2.14. The van der Waals surface area contributed by atoms with Gasteiger partial charge in [0.2, 0.25) is 6.54 Å². The second-order valence-electron chi connectivity index (χ2n) is 6.02. The van der Waals surface area contributed by atoms with E-state index in [4.69, 9.17) is 0 Å². The third-order valence-corrected chi connectivity index (χ3v) is 4.49. The van der Waals surface area contributed by atoms with Crippen LogP contribution >= 0.6 is 0 Å². The standard InChI is InChI=1S/C20H17N3O2/c24-23(25)13-16(17-11-6-12-21-17)19-15-9-4-5-10-18(15)22-20(19)14-7-2-1-3-8-14/h1-12,16,21-22H,13H2. The molecule has 0 aliphatic heterocycles. The topological polar surface area (TPSA) is 74.7 Å². The van der Waals surface area contributed by atoms with Gasteiger partial charge < -0.3 is 9.97 Å². The minimum absolute atomic E-state index is 0.164. The molecule has 0 amide bonds. The molecule has 2 heterocycles. The lowest BCUT2D eigenvalue weighted by Crippen LogP contribution is -2.15. The van der Waals surface area contributed by atoms with Crippen LogP contribution in [0.1, 0.15) is 17.2 Å². The first-order valence-corrected chi connectivity index (χ1v) is 8.15. The summed E-state index contributed by atoms with van der Waals surface area (Å²) in [6.07, 6.45) is 1.80. The van der Waals surface area contributed by atoms with Crippen molar-refractivity contribution in [3.63, 3.8) is 0 Å². The SMILES string of the molecule is O=[N+]([O-])CC(c1ccc[nH]1)c1c(-c2ccccc2)[nH]c2ccccc12. The van der Waals surface area contributed by atoms with Crippen molar-refractivity contribution in [1.29, 1.82) is 0 Å². The molecule has 0 fully saturated rings. The summed E-state index contributed by atoms with van der Waals surface area (Å²) in [5.74, 6) is -0.351. The minimum atomic E-state index is -0.351. The Kier molecular flexibility index (Phi) is 3.82. The Balaban J connectivity index is 1.99. The average molecular weight is 331 g/mol. The van der Waals surface area contributed by atoms with E-state index in [1.54, 1.807) is 6.20 Å². The summed E-state index contributed by atoms with van der Waals surface area (Å²) in [7, 11) is 0. The van der Waals surface area contributed by atoms with E-state index in [0.717, 1.165) is 33.4 Å². The lowest BCUT2D eigenvalue weighted by atomic mass is 9.91. The Morgan fingerprint density at radius 1 is 0.960 bits per heavy atom. The van der Waals surface area contributed by atoms with Gasteiger partial charge in [-0.15, -0.1) is 0 Å². The van der Waals surface area contributed by atoms with Crippen molar-refractivity contribution in [2.45, 2.75) is 5.92 Å². The van der Waals surface area contributed by atoms with E-state index in [9.17, 15) is 10.1 Å². The van der Waals surface area contributed by atoms with Gasteiger partial charge in [0, 0.05) is 33.3 Å². The molecular formula is C20H17N3O2. The summed E-state index contributed by atoms with van der Waals surface area (Å²) >= 11 is 0. The molecular weight excluding hydrogens is 314 g/mol. The molecule has 0 aliphatic carbocycles. The summed E-state index contributed by atoms with van der Waals surface area (Å²) < 4.78 is 0. The van der Waals surface area contributed by atoms with Gasteiger partial charge >= 0.3 is 0 Å². The number of aromatic amines is 2. The van der Waals surface area contributed by atoms with Crippen LogP contribution in [0.2, 0.25) is 0 Å². The first-order valence-electron chi connectivity index (χ1n) is 8.15. The van der Waals surface area contributed by atoms with Crippen LogP contribution in [0.3, 0.4) is 0 Å². The van der Waals surface area contributed by atoms with Gasteiger partial charge in [0.15, 0.2) is 0 Å². The molecule has 1 atom stereocenters. The van der Waals surface area contributed by atoms with Crippen molar-refractivity contribution in [1.82, 2.24) is 9.97 Å². The maximum absolute atomic E-state index is 11.4. The summed E-state index contributed by atoms with van der Waals surface area (Å²) in [5.41, 5.74) is 4.74. The third kappa shape index (κ3) is 2.80. The second-order valence-corrected chi connectivity index (χ2v) is 6.02. The van der Waals surface area contributed by atoms with Crippen molar-refractivity contribution in [2.24, 2.45) is 0 Å². The fourth-order valence-electron chi connectivity index (χ4n) is 3.41. The van der Waals surface area contributed by atoms with E-state index in [-0.39, 0.29) is 17.4 Å². The van der Waals surface area contributed by atoms with Crippen LogP contribution in [-0.4, -0.2) is 21.4 Å². The van der Waals surface area contributed by atoms with E-state index in [1.807, 2.05) is 66.7 Å². The highest BCUT2D eigenvalue weighted by Crippen LogP contribution is 2.38. The zero-order valence-electron chi connectivity index (χ0n) is 13.5. The Hall–Kier alpha value is -3.34. The molecule has 4 rings (SSSR count). The van der Waals surface area contributed by atoms with Crippen LogP contribution in [0.5, 0.6) is 0 Å². The fourth-order valence-corrected chi connectivity index (χ4v) is 3.41. The molecule has 5 heteroatoms. The number of nitrogens with zero attached hydrogens (tertiary/aromatic N) is 1. The highest BCUT2D eigenvalue weighted by molar-refractivity contribution is 5.91. The zero-order chi connectivity index (χ0) is 17.2. The van der Waals surface area contributed by atoms with E-state index in [2.05, 4.69) is 9.97 Å². The maximum atomic E-state index is 11.4. The second kappa shape index (κ2) is 6.28. The molecule has 124 valence electrons. The van der Waals surface area contributed by atoms with Crippen molar-refractivity contribution in [3.05, 3.63) is 94.3 Å². The molecule has 0 saturated heterocycles. The number of hydrogen-bond donors (Lipinski definition) is 2. The molecule has 5 nitrogen and oxygen atoms in total. The number of hydrogen-bond acceptors (Lipinski definition) is 2. The molecule has 0 saturated carbocycles. The van der Waals surface area contributed by atoms with Gasteiger partial charge in [0.25, 0.3) is 0 Å². The summed E-state index contributed by atoms with van der Waals surface area (Å²) in [5, 5.41) is 12.4. The summed E-state index contributed by atoms with van der Waals surface area (Å²) in [6, 6.07) is 21.7. The molecule has 0 bridgehead atoms. The Labute approximate surface area is 144 Å². The van der Waals surface area contributed by atoms with Gasteiger partial charge in [-0.3, -0.25) is 10.1 Å². The van der Waals surface area contributed by atoms with Gasteiger partial charge in [0.05, 0.1) is 11.6 Å². The number of nitrogens with one attached hydrogen (secondary N) is 2. The largest absolute Gasteiger partial charge is 0.364 e. The Morgan fingerprint density at radius 3 is 2.44 bits per heavy atom. The van der Waals surface area contributed by atoms with Crippen molar-refractivity contribution in [3.8, 4) is 11.3 Å². The number of fused-ring (bicyclic) bond motifs is 1. The fraction of sp³-hybridized carbons (Fsp3) is 0.100. The first-order chi connectivity index (χ1) is 12.2. The molecule has 25 heavy (non-hydrogen) atoms. The zero-order valence-corrected chi connectivity index (χ0v) is 13.5. The first kappa shape index (κ1) is 15.2. The van der Waals surface area contributed by atoms with Gasteiger partial charge in [-0.2, -0.15) is 0 Å².